The summed E-state index contributed by atoms with van der Waals surface area (Å²) in [4.78, 5) is 11.4. The maximum Gasteiger partial charge on any atom is 0.336 e. The fraction of sp³-hybridized carbons (Fsp3) is 0.500. The highest BCUT2D eigenvalue weighted by atomic mass is 28.4. The number of carbonyl (C=O) groups is 1. The molecular formula is C14H22O3Si. The number of benzene rings is 1. The van der Waals surface area contributed by atoms with Gasteiger partial charge in [0.15, 0.2) is 14.4 Å². The first-order chi connectivity index (χ1) is 8.15. The summed E-state index contributed by atoms with van der Waals surface area (Å²) in [7, 11) is -2.09. The molecular weight excluding hydrogens is 244 g/mol. The minimum absolute atomic E-state index is 0.00448. The Morgan fingerprint density at radius 3 is 2.11 bits per heavy atom. The summed E-state index contributed by atoms with van der Waals surface area (Å²) in [5, 5.41) is 9.35. The molecule has 0 heterocycles. The molecule has 1 unspecified atom stereocenters. The Balaban J connectivity index is 3.00. The highest BCUT2D eigenvalue weighted by Gasteiger charge is 2.41. The van der Waals surface area contributed by atoms with Crippen molar-refractivity contribution in [1.82, 2.24) is 0 Å². The molecule has 3 nitrogen and oxygen atoms in total. The van der Waals surface area contributed by atoms with Crippen molar-refractivity contribution in [1.29, 1.82) is 0 Å². The molecule has 1 aromatic carbocycles. The summed E-state index contributed by atoms with van der Waals surface area (Å²) in [6.45, 7) is 10.4. The van der Waals surface area contributed by atoms with Gasteiger partial charge in [-0.3, -0.25) is 0 Å². The molecule has 0 aromatic heterocycles. The topological polar surface area (TPSA) is 46.5 Å². The quantitative estimate of drug-likeness (QED) is 0.842. The zero-order chi connectivity index (χ0) is 14.0. The largest absolute Gasteiger partial charge is 0.479 e. The van der Waals surface area contributed by atoms with Crippen LogP contribution in [0.15, 0.2) is 30.3 Å². The summed E-state index contributed by atoms with van der Waals surface area (Å²) in [6, 6.07) is 9.13. The summed E-state index contributed by atoms with van der Waals surface area (Å²) in [5.41, 5.74) is 0.704. The smallest absolute Gasteiger partial charge is 0.336 e. The maximum atomic E-state index is 11.4. The van der Waals surface area contributed by atoms with E-state index in [9.17, 15) is 9.90 Å². The van der Waals surface area contributed by atoms with Gasteiger partial charge in [0, 0.05) is 0 Å². The van der Waals surface area contributed by atoms with Crippen molar-refractivity contribution in [2.24, 2.45) is 0 Å². The molecule has 0 amide bonds. The van der Waals surface area contributed by atoms with Crippen molar-refractivity contribution in [3.05, 3.63) is 35.9 Å². The first-order valence-corrected chi connectivity index (χ1v) is 9.01. The SMILES string of the molecule is CC(C)(C)[Si](C)(C)OC(C(=O)O)c1ccccc1. The van der Waals surface area contributed by atoms with Gasteiger partial charge in [-0.1, -0.05) is 51.1 Å². The van der Waals surface area contributed by atoms with Crippen LogP contribution >= 0.6 is 0 Å². The molecule has 1 aromatic rings. The predicted molar refractivity (Wildman–Crippen MR) is 75.1 cm³/mol. The van der Waals surface area contributed by atoms with Gasteiger partial charge in [0.2, 0.25) is 0 Å². The van der Waals surface area contributed by atoms with Crippen LogP contribution in [0.4, 0.5) is 0 Å². The Kier molecular flexibility index (Phi) is 4.35. The van der Waals surface area contributed by atoms with E-state index in [-0.39, 0.29) is 5.04 Å². The molecule has 0 aliphatic carbocycles. The zero-order valence-corrected chi connectivity index (χ0v) is 12.7. The molecule has 0 spiro atoms. The third kappa shape index (κ3) is 3.43. The normalized spacial score (nSPS) is 14.3. The minimum Gasteiger partial charge on any atom is -0.479 e. The second-order valence-electron chi connectivity index (χ2n) is 6.01. The summed E-state index contributed by atoms with van der Waals surface area (Å²) in [5.74, 6) is -0.925. The van der Waals surface area contributed by atoms with Crippen molar-refractivity contribution in [3.8, 4) is 0 Å². The molecule has 0 fully saturated rings. The van der Waals surface area contributed by atoms with Gasteiger partial charge in [0.1, 0.15) is 0 Å². The lowest BCUT2D eigenvalue weighted by atomic mass is 10.1. The van der Waals surface area contributed by atoms with Gasteiger partial charge in [-0.25, -0.2) is 4.79 Å². The van der Waals surface area contributed by atoms with E-state index >= 15 is 0 Å². The zero-order valence-electron chi connectivity index (χ0n) is 11.7. The third-order valence-corrected chi connectivity index (χ3v) is 7.98. The van der Waals surface area contributed by atoms with Crippen LogP contribution in [0.25, 0.3) is 0 Å². The van der Waals surface area contributed by atoms with E-state index in [4.69, 9.17) is 4.43 Å². The van der Waals surface area contributed by atoms with Crippen LogP contribution in [0.1, 0.15) is 32.4 Å². The molecule has 0 saturated heterocycles. The standard InChI is InChI=1S/C14H22O3Si/c1-14(2,3)18(4,5)17-12(13(15)16)11-9-7-6-8-10-11/h6-10,12H,1-5H3,(H,15,16). The average molecular weight is 266 g/mol. The molecule has 0 aliphatic heterocycles. The second-order valence-corrected chi connectivity index (χ2v) is 10.8. The molecule has 0 aliphatic rings. The lowest BCUT2D eigenvalue weighted by Gasteiger charge is -2.38. The highest BCUT2D eigenvalue weighted by Crippen LogP contribution is 2.39. The van der Waals surface area contributed by atoms with Gasteiger partial charge in [0.05, 0.1) is 0 Å². The highest BCUT2D eigenvalue weighted by molar-refractivity contribution is 6.74. The van der Waals surface area contributed by atoms with Crippen molar-refractivity contribution in [3.63, 3.8) is 0 Å². The first kappa shape index (κ1) is 14.9. The van der Waals surface area contributed by atoms with E-state index in [1.54, 1.807) is 12.1 Å². The second kappa shape index (κ2) is 5.24. The van der Waals surface area contributed by atoms with E-state index < -0.39 is 20.4 Å². The lowest BCUT2D eigenvalue weighted by molar-refractivity contribution is -0.146. The van der Waals surface area contributed by atoms with Crippen LogP contribution in [0, 0.1) is 0 Å². The van der Waals surface area contributed by atoms with Gasteiger partial charge in [-0.05, 0) is 23.7 Å². The molecule has 4 heteroatoms. The molecule has 0 radical (unpaired) electrons. The van der Waals surface area contributed by atoms with Gasteiger partial charge >= 0.3 is 5.97 Å². The van der Waals surface area contributed by atoms with Crippen LogP contribution in [0.5, 0.6) is 0 Å². The van der Waals surface area contributed by atoms with Crippen LogP contribution in [0.3, 0.4) is 0 Å². The van der Waals surface area contributed by atoms with Gasteiger partial charge in [0.25, 0.3) is 0 Å². The van der Waals surface area contributed by atoms with Crippen molar-refractivity contribution in [2.75, 3.05) is 0 Å². The number of rotatable bonds is 4. The number of hydrogen-bond acceptors (Lipinski definition) is 2. The summed E-state index contributed by atoms with van der Waals surface area (Å²) in [6.07, 6.45) is -0.868. The van der Waals surface area contributed by atoms with E-state index in [1.807, 2.05) is 18.2 Å². The number of hydrogen-bond donors (Lipinski definition) is 1. The van der Waals surface area contributed by atoms with Crippen LogP contribution in [0.2, 0.25) is 18.1 Å². The van der Waals surface area contributed by atoms with E-state index in [0.717, 1.165) is 0 Å². The number of aliphatic carboxylic acids is 1. The predicted octanol–water partition coefficient (Wildman–Crippen LogP) is 3.83. The number of carboxylic acids is 1. The monoisotopic (exact) mass is 266 g/mol. The lowest BCUT2D eigenvalue weighted by Crippen LogP contribution is -2.43. The fourth-order valence-electron chi connectivity index (χ4n) is 1.36. The van der Waals surface area contributed by atoms with Crippen LogP contribution in [-0.2, 0) is 9.22 Å². The minimum atomic E-state index is -2.09. The van der Waals surface area contributed by atoms with Crippen molar-refractivity contribution < 1.29 is 14.3 Å². The van der Waals surface area contributed by atoms with Crippen LogP contribution in [-0.4, -0.2) is 19.4 Å². The Hall–Kier alpha value is -1.13. The first-order valence-electron chi connectivity index (χ1n) is 6.11. The van der Waals surface area contributed by atoms with Gasteiger partial charge in [-0.2, -0.15) is 0 Å². The van der Waals surface area contributed by atoms with E-state index in [1.165, 1.54) is 0 Å². The van der Waals surface area contributed by atoms with Crippen molar-refractivity contribution in [2.45, 2.75) is 45.0 Å². The maximum absolute atomic E-state index is 11.4. The molecule has 18 heavy (non-hydrogen) atoms. The van der Waals surface area contributed by atoms with Gasteiger partial charge in [-0.15, -0.1) is 0 Å². The Morgan fingerprint density at radius 2 is 1.72 bits per heavy atom. The van der Waals surface area contributed by atoms with E-state index in [2.05, 4.69) is 33.9 Å². The fourth-order valence-corrected chi connectivity index (χ4v) is 2.54. The van der Waals surface area contributed by atoms with Gasteiger partial charge < -0.3 is 9.53 Å². The van der Waals surface area contributed by atoms with Crippen molar-refractivity contribution >= 4 is 14.3 Å². The Morgan fingerprint density at radius 1 is 1.22 bits per heavy atom. The Bertz CT molecular complexity index is 407. The summed E-state index contributed by atoms with van der Waals surface area (Å²) < 4.78 is 5.99. The summed E-state index contributed by atoms with van der Waals surface area (Å²) >= 11 is 0. The molecule has 1 rings (SSSR count). The third-order valence-electron chi connectivity index (χ3n) is 3.55. The Labute approximate surface area is 110 Å². The molecule has 0 saturated carbocycles. The molecule has 1 N–H and O–H groups in total. The molecule has 100 valence electrons. The molecule has 0 bridgehead atoms. The van der Waals surface area contributed by atoms with Crippen LogP contribution < -0.4 is 0 Å². The average Bonchev–Trinajstić information content (AvgIpc) is 2.25. The van der Waals surface area contributed by atoms with E-state index in [0.29, 0.717) is 5.56 Å². The molecule has 1 atom stereocenters. The number of carboxylic acid groups (broad SMARTS) is 1.